The number of amides is 2. The second kappa shape index (κ2) is 2.29. The molecule has 0 atom stereocenters. The van der Waals surface area contributed by atoms with Crippen LogP contribution < -0.4 is 10.6 Å². The van der Waals surface area contributed by atoms with Gasteiger partial charge in [0.05, 0.1) is 0 Å². The van der Waals surface area contributed by atoms with Crippen molar-refractivity contribution in [1.82, 2.24) is 10.6 Å². The third-order valence-electron chi connectivity index (χ3n) is 0.827. The van der Waals surface area contributed by atoms with Gasteiger partial charge in [0.25, 0.3) is 0 Å². The van der Waals surface area contributed by atoms with Gasteiger partial charge >= 0.3 is 58.7 Å². The first-order valence-corrected chi connectivity index (χ1v) is 3.18. The van der Waals surface area contributed by atoms with Gasteiger partial charge in [-0.3, -0.25) is 0 Å². The Morgan fingerprint density at radius 3 is 2.00 bits per heavy atom. The van der Waals surface area contributed by atoms with Crippen molar-refractivity contribution >= 4 is 32.1 Å². The molecule has 1 saturated heterocycles. The molecule has 0 radical (unpaired) electrons. The molecule has 4 nitrogen and oxygen atoms in total. The van der Waals surface area contributed by atoms with E-state index in [0.717, 1.165) is 0 Å². The first-order valence-electron chi connectivity index (χ1n) is 2.32. The minimum atomic E-state index is -0.271. The number of hydrogen-bond acceptors (Lipinski definition) is 2. The molecule has 2 amide bonds. The molecule has 1 rings (SSSR count). The standard InChI is InChI=1S/C4H4N2O2Se/c7-2-1-3(8)6-4(9)5-2/h1H2,(H2,5,6,7,8,9). The summed E-state index contributed by atoms with van der Waals surface area (Å²) >= 11 is 2.49. The monoisotopic (exact) mass is 192 g/mol. The maximum atomic E-state index is 10.5. The zero-order chi connectivity index (χ0) is 6.85. The van der Waals surface area contributed by atoms with E-state index >= 15 is 0 Å². The van der Waals surface area contributed by atoms with Crippen LogP contribution in [0, 0.1) is 0 Å². The topological polar surface area (TPSA) is 58.2 Å². The van der Waals surface area contributed by atoms with Gasteiger partial charge in [0, 0.05) is 0 Å². The molecule has 1 heterocycles. The van der Waals surface area contributed by atoms with Crippen LogP contribution in [0.4, 0.5) is 0 Å². The van der Waals surface area contributed by atoms with Crippen LogP contribution in [0.5, 0.6) is 0 Å². The van der Waals surface area contributed by atoms with Crippen LogP contribution in [0.1, 0.15) is 6.42 Å². The molecule has 2 N–H and O–H groups in total. The molecule has 0 aromatic heterocycles. The van der Waals surface area contributed by atoms with Crippen molar-refractivity contribution < 1.29 is 9.59 Å². The number of carbonyl (C=O) groups is 2. The van der Waals surface area contributed by atoms with Crippen LogP contribution in [0.2, 0.25) is 0 Å². The number of carbonyl (C=O) groups excluding carboxylic acids is 2. The molecule has 1 fully saturated rings. The summed E-state index contributed by atoms with van der Waals surface area (Å²) in [6, 6.07) is 0. The summed E-state index contributed by atoms with van der Waals surface area (Å²) in [4.78, 5) is 20.9. The van der Waals surface area contributed by atoms with Crippen LogP contribution in [0.15, 0.2) is 0 Å². The summed E-state index contributed by atoms with van der Waals surface area (Å²) in [6.45, 7) is 0. The van der Waals surface area contributed by atoms with Crippen molar-refractivity contribution in [3.05, 3.63) is 0 Å². The molecule has 0 saturated carbocycles. The number of hydrogen-bond donors (Lipinski definition) is 2. The quantitative estimate of drug-likeness (QED) is 0.339. The van der Waals surface area contributed by atoms with E-state index in [1.807, 2.05) is 0 Å². The molecule has 0 bridgehead atoms. The normalized spacial score (nSPS) is 18.9. The van der Waals surface area contributed by atoms with Crippen LogP contribution in [0.25, 0.3) is 0 Å². The summed E-state index contributed by atoms with van der Waals surface area (Å²) in [5.74, 6) is -0.542. The van der Waals surface area contributed by atoms with E-state index < -0.39 is 0 Å². The summed E-state index contributed by atoms with van der Waals surface area (Å²) in [5.41, 5.74) is 0. The molecule has 0 aromatic carbocycles. The van der Waals surface area contributed by atoms with Crippen LogP contribution >= 0.6 is 0 Å². The van der Waals surface area contributed by atoms with Gasteiger partial charge in [-0.25, -0.2) is 0 Å². The molecule has 9 heavy (non-hydrogen) atoms. The summed E-state index contributed by atoms with van der Waals surface area (Å²) in [6.07, 6.45) is -0.0782. The van der Waals surface area contributed by atoms with E-state index in [0.29, 0.717) is 4.67 Å². The van der Waals surface area contributed by atoms with E-state index in [9.17, 15) is 9.59 Å². The fourth-order valence-electron chi connectivity index (χ4n) is 0.519. The van der Waals surface area contributed by atoms with Crippen molar-refractivity contribution in [3.63, 3.8) is 0 Å². The number of rotatable bonds is 0. The van der Waals surface area contributed by atoms with Crippen LogP contribution in [-0.2, 0) is 9.59 Å². The van der Waals surface area contributed by atoms with Gasteiger partial charge in [-0.15, -0.1) is 0 Å². The molecule has 0 aliphatic carbocycles. The zero-order valence-electron chi connectivity index (χ0n) is 4.43. The fourth-order valence-corrected chi connectivity index (χ4v) is 0.996. The Hall–Kier alpha value is -0.671. The van der Waals surface area contributed by atoms with Crippen LogP contribution in [0.3, 0.4) is 0 Å². The fraction of sp³-hybridized carbons (Fsp3) is 0.250. The van der Waals surface area contributed by atoms with Crippen molar-refractivity contribution in [3.8, 4) is 0 Å². The third kappa shape index (κ3) is 1.62. The Morgan fingerprint density at radius 1 is 1.22 bits per heavy atom. The predicted octanol–water partition coefficient (Wildman–Crippen LogP) is -2.12. The average molecular weight is 191 g/mol. The van der Waals surface area contributed by atoms with E-state index in [-0.39, 0.29) is 18.2 Å². The second-order valence-electron chi connectivity index (χ2n) is 1.60. The number of nitrogens with one attached hydrogen (secondary N) is 2. The molecular weight excluding hydrogens is 187 g/mol. The van der Waals surface area contributed by atoms with E-state index in [1.54, 1.807) is 0 Å². The first-order chi connectivity index (χ1) is 4.18. The van der Waals surface area contributed by atoms with Gasteiger partial charge < -0.3 is 0 Å². The van der Waals surface area contributed by atoms with E-state index in [1.165, 1.54) is 0 Å². The SMILES string of the molecule is O=C1CC(=O)NC(=[Se])N1. The molecule has 0 spiro atoms. The first kappa shape index (κ1) is 6.45. The summed E-state index contributed by atoms with van der Waals surface area (Å²) < 4.78 is 0.385. The Kier molecular flexibility index (Phi) is 1.64. The molecule has 1 aliphatic heterocycles. The molecule has 5 heteroatoms. The van der Waals surface area contributed by atoms with Crippen molar-refractivity contribution in [1.29, 1.82) is 0 Å². The summed E-state index contributed by atoms with van der Waals surface area (Å²) in [7, 11) is 0. The van der Waals surface area contributed by atoms with E-state index in [4.69, 9.17) is 0 Å². The van der Waals surface area contributed by atoms with E-state index in [2.05, 4.69) is 26.2 Å². The van der Waals surface area contributed by atoms with Crippen molar-refractivity contribution in [2.75, 3.05) is 0 Å². The minimum absolute atomic E-state index is 0.0782. The maximum absolute atomic E-state index is 10.5. The van der Waals surface area contributed by atoms with Gasteiger partial charge in [-0.2, -0.15) is 0 Å². The van der Waals surface area contributed by atoms with Crippen molar-refractivity contribution in [2.45, 2.75) is 6.42 Å². The zero-order valence-corrected chi connectivity index (χ0v) is 6.14. The molecule has 0 unspecified atom stereocenters. The van der Waals surface area contributed by atoms with Gasteiger partial charge in [0.15, 0.2) is 0 Å². The molecule has 1 aliphatic rings. The van der Waals surface area contributed by atoms with Gasteiger partial charge in [0.1, 0.15) is 0 Å². The Bertz CT molecular complexity index is 144. The third-order valence-corrected chi connectivity index (χ3v) is 1.26. The summed E-state index contributed by atoms with van der Waals surface area (Å²) in [5, 5.41) is 4.80. The van der Waals surface area contributed by atoms with Gasteiger partial charge in [0.2, 0.25) is 0 Å². The van der Waals surface area contributed by atoms with Gasteiger partial charge in [-0.1, -0.05) is 0 Å². The Morgan fingerprint density at radius 2 is 1.67 bits per heavy atom. The predicted molar refractivity (Wildman–Crippen MR) is 31.7 cm³/mol. The Labute approximate surface area is 59.4 Å². The molecule has 48 valence electrons. The molecule has 0 aromatic rings. The second-order valence-corrected chi connectivity index (χ2v) is 2.46. The Balaban J connectivity index is 2.64. The van der Waals surface area contributed by atoms with Crippen molar-refractivity contribution in [2.24, 2.45) is 0 Å². The average Bonchev–Trinajstić information content (AvgIpc) is 1.59. The van der Waals surface area contributed by atoms with Crippen LogP contribution in [-0.4, -0.2) is 32.1 Å². The molecular formula is C4H4N2O2Se. The van der Waals surface area contributed by atoms with Gasteiger partial charge in [-0.05, 0) is 0 Å².